The van der Waals surface area contributed by atoms with Crippen LogP contribution in [0.1, 0.15) is 16.9 Å². The molecule has 0 saturated heterocycles. The Morgan fingerprint density at radius 3 is 2.82 bits per heavy atom. The summed E-state index contributed by atoms with van der Waals surface area (Å²) in [5.74, 6) is 0.987. The van der Waals surface area contributed by atoms with Crippen molar-refractivity contribution in [2.24, 2.45) is 0 Å². The van der Waals surface area contributed by atoms with E-state index >= 15 is 0 Å². The molecule has 2 rings (SSSR count). The van der Waals surface area contributed by atoms with Crippen LogP contribution in [-0.2, 0) is 19.6 Å². The highest BCUT2D eigenvalue weighted by Crippen LogP contribution is 2.12. The first-order valence-corrected chi connectivity index (χ1v) is 5.68. The van der Waals surface area contributed by atoms with E-state index in [9.17, 15) is 0 Å². The molecule has 1 N–H and O–H groups in total. The van der Waals surface area contributed by atoms with E-state index in [4.69, 9.17) is 8.83 Å². The Bertz CT molecular complexity index is 434. The number of hydrogen-bond donors (Lipinski definition) is 1. The topological polar surface area (TPSA) is 41.6 Å². The van der Waals surface area contributed by atoms with Crippen molar-refractivity contribution in [1.82, 2.24) is 10.2 Å². The number of rotatable bonds is 6. The van der Waals surface area contributed by atoms with Gasteiger partial charge in [-0.25, -0.2) is 0 Å². The van der Waals surface area contributed by atoms with Gasteiger partial charge in [0.15, 0.2) is 0 Å². The summed E-state index contributed by atoms with van der Waals surface area (Å²) < 4.78 is 10.5. The fraction of sp³-hybridized carbons (Fsp3) is 0.385. The van der Waals surface area contributed by atoms with Crippen LogP contribution in [0.15, 0.2) is 39.8 Å². The summed E-state index contributed by atoms with van der Waals surface area (Å²) in [7, 11) is 3.99. The highest BCUT2D eigenvalue weighted by molar-refractivity contribution is 5.13. The van der Waals surface area contributed by atoms with Crippen molar-refractivity contribution in [2.45, 2.75) is 19.6 Å². The zero-order chi connectivity index (χ0) is 12.1. The average Bonchev–Trinajstić information content (AvgIpc) is 2.91. The predicted octanol–water partition coefficient (Wildman–Crippen LogP) is 2.22. The molecule has 0 fully saturated rings. The van der Waals surface area contributed by atoms with Crippen LogP contribution in [0, 0.1) is 0 Å². The van der Waals surface area contributed by atoms with Crippen molar-refractivity contribution in [3.63, 3.8) is 0 Å². The third kappa shape index (κ3) is 3.47. The maximum Gasteiger partial charge on any atom is 0.118 e. The highest BCUT2D eigenvalue weighted by atomic mass is 16.3. The molecule has 92 valence electrons. The van der Waals surface area contributed by atoms with Gasteiger partial charge in [0.2, 0.25) is 0 Å². The van der Waals surface area contributed by atoms with Crippen LogP contribution in [0.4, 0.5) is 0 Å². The van der Waals surface area contributed by atoms with Gasteiger partial charge in [0, 0.05) is 24.2 Å². The summed E-state index contributed by atoms with van der Waals surface area (Å²) in [6, 6.07) is 4.06. The summed E-state index contributed by atoms with van der Waals surface area (Å²) in [4.78, 5) is 2.19. The molecule has 0 saturated carbocycles. The largest absolute Gasteiger partial charge is 0.472 e. The van der Waals surface area contributed by atoms with Crippen molar-refractivity contribution >= 4 is 0 Å². The van der Waals surface area contributed by atoms with E-state index < -0.39 is 0 Å². The molecule has 4 nitrogen and oxygen atoms in total. The van der Waals surface area contributed by atoms with E-state index in [-0.39, 0.29) is 0 Å². The molecule has 0 bridgehead atoms. The molecule has 0 spiro atoms. The third-order valence-corrected chi connectivity index (χ3v) is 2.55. The van der Waals surface area contributed by atoms with Crippen LogP contribution in [0.25, 0.3) is 0 Å². The van der Waals surface area contributed by atoms with Gasteiger partial charge in [0.05, 0.1) is 25.3 Å². The van der Waals surface area contributed by atoms with Gasteiger partial charge in [0.25, 0.3) is 0 Å². The number of hydrogen-bond acceptors (Lipinski definition) is 4. The van der Waals surface area contributed by atoms with Gasteiger partial charge in [0.1, 0.15) is 5.76 Å². The lowest BCUT2D eigenvalue weighted by Crippen LogP contribution is -2.16. The molecule has 17 heavy (non-hydrogen) atoms. The van der Waals surface area contributed by atoms with Gasteiger partial charge in [-0.2, -0.15) is 0 Å². The predicted molar refractivity (Wildman–Crippen MR) is 65.4 cm³/mol. The van der Waals surface area contributed by atoms with Gasteiger partial charge < -0.3 is 14.2 Å². The van der Waals surface area contributed by atoms with E-state index in [0.29, 0.717) is 0 Å². The van der Waals surface area contributed by atoms with Crippen LogP contribution in [0.2, 0.25) is 0 Å². The second kappa shape index (κ2) is 5.70. The van der Waals surface area contributed by atoms with Crippen LogP contribution < -0.4 is 5.32 Å². The number of nitrogens with one attached hydrogen (secondary N) is 1. The monoisotopic (exact) mass is 234 g/mol. The Morgan fingerprint density at radius 1 is 1.24 bits per heavy atom. The minimum Gasteiger partial charge on any atom is -0.472 e. The Kier molecular flexibility index (Phi) is 4.01. The van der Waals surface area contributed by atoms with Crippen LogP contribution in [0.5, 0.6) is 0 Å². The molecule has 2 aromatic heterocycles. The zero-order valence-electron chi connectivity index (χ0n) is 10.3. The Morgan fingerprint density at radius 2 is 2.12 bits per heavy atom. The van der Waals surface area contributed by atoms with E-state index in [2.05, 4.69) is 23.3 Å². The molecule has 0 aliphatic carbocycles. The molecule has 0 unspecified atom stereocenters. The summed E-state index contributed by atoms with van der Waals surface area (Å²) >= 11 is 0. The van der Waals surface area contributed by atoms with Gasteiger partial charge in [-0.3, -0.25) is 4.90 Å². The zero-order valence-corrected chi connectivity index (χ0v) is 10.3. The van der Waals surface area contributed by atoms with Crippen molar-refractivity contribution in [1.29, 1.82) is 0 Å². The maximum absolute atomic E-state index is 5.50. The number of nitrogens with zero attached hydrogens (tertiary/aromatic N) is 1. The van der Waals surface area contributed by atoms with E-state index in [1.165, 1.54) is 11.1 Å². The lowest BCUT2D eigenvalue weighted by Gasteiger charge is -2.13. The lowest BCUT2D eigenvalue weighted by atomic mass is 10.3. The summed E-state index contributed by atoms with van der Waals surface area (Å²) in [6.45, 7) is 2.50. The second-order valence-electron chi connectivity index (χ2n) is 4.26. The summed E-state index contributed by atoms with van der Waals surface area (Å²) in [5.41, 5.74) is 2.36. The Hall–Kier alpha value is -1.52. The molecular weight excluding hydrogens is 216 g/mol. The minimum atomic E-state index is 0.800. The highest BCUT2D eigenvalue weighted by Gasteiger charge is 2.06. The van der Waals surface area contributed by atoms with Crippen LogP contribution >= 0.6 is 0 Å². The molecule has 0 radical (unpaired) electrons. The standard InChI is InChI=1S/C13H18N2O2/c1-14-6-12-5-13(17-10-12)8-15(2)7-11-3-4-16-9-11/h3-5,9-10,14H,6-8H2,1-2H3. The molecular formula is C13H18N2O2. The second-order valence-corrected chi connectivity index (χ2v) is 4.26. The molecule has 2 aromatic rings. The normalized spacial score (nSPS) is 11.2. The first kappa shape index (κ1) is 12.0. The van der Waals surface area contributed by atoms with Gasteiger partial charge in [-0.1, -0.05) is 0 Å². The lowest BCUT2D eigenvalue weighted by molar-refractivity contribution is 0.287. The summed E-state index contributed by atoms with van der Waals surface area (Å²) in [6.07, 6.45) is 5.27. The van der Waals surface area contributed by atoms with Gasteiger partial charge in [-0.05, 0) is 26.2 Å². The minimum absolute atomic E-state index is 0.800. The maximum atomic E-state index is 5.50. The van der Waals surface area contributed by atoms with E-state index in [1.54, 1.807) is 18.8 Å². The van der Waals surface area contributed by atoms with Gasteiger partial charge in [-0.15, -0.1) is 0 Å². The smallest absolute Gasteiger partial charge is 0.118 e. The van der Waals surface area contributed by atoms with E-state index in [1.807, 2.05) is 13.1 Å². The average molecular weight is 234 g/mol. The first-order valence-electron chi connectivity index (χ1n) is 5.68. The van der Waals surface area contributed by atoms with Crippen molar-refractivity contribution in [3.05, 3.63) is 47.8 Å². The SMILES string of the molecule is CNCc1coc(CN(C)Cc2ccoc2)c1. The molecule has 0 aromatic carbocycles. The van der Waals surface area contributed by atoms with Crippen molar-refractivity contribution in [3.8, 4) is 0 Å². The van der Waals surface area contributed by atoms with E-state index in [0.717, 1.165) is 25.4 Å². The molecule has 4 heteroatoms. The molecule has 0 amide bonds. The van der Waals surface area contributed by atoms with Crippen LogP contribution in [-0.4, -0.2) is 19.0 Å². The third-order valence-electron chi connectivity index (χ3n) is 2.55. The summed E-state index contributed by atoms with van der Waals surface area (Å²) in [5, 5.41) is 3.10. The molecule has 0 aliphatic rings. The fourth-order valence-corrected chi connectivity index (χ4v) is 1.82. The van der Waals surface area contributed by atoms with Gasteiger partial charge >= 0.3 is 0 Å². The number of furan rings is 2. The van der Waals surface area contributed by atoms with Crippen molar-refractivity contribution < 1.29 is 8.83 Å². The molecule has 0 aliphatic heterocycles. The molecule has 0 atom stereocenters. The Labute approximate surface area is 101 Å². The quantitative estimate of drug-likeness (QED) is 0.832. The fourth-order valence-electron chi connectivity index (χ4n) is 1.82. The van der Waals surface area contributed by atoms with Crippen LogP contribution in [0.3, 0.4) is 0 Å². The molecule has 2 heterocycles. The first-order chi connectivity index (χ1) is 8.28. The Balaban J connectivity index is 1.86. The van der Waals surface area contributed by atoms with Crippen molar-refractivity contribution in [2.75, 3.05) is 14.1 Å².